The predicted octanol–water partition coefficient (Wildman–Crippen LogP) is 6.13. The van der Waals surface area contributed by atoms with Crippen molar-refractivity contribution in [2.75, 3.05) is 0 Å². The van der Waals surface area contributed by atoms with Gasteiger partial charge in [0, 0.05) is 22.7 Å². The minimum Gasteiger partial charge on any atom is -0.332 e. The van der Waals surface area contributed by atoms with Gasteiger partial charge in [0.05, 0.1) is 5.69 Å². The van der Waals surface area contributed by atoms with Gasteiger partial charge in [-0.1, -0.05) is 35.3 Å². The van der Waals surface area contributed by atoms with Crippen molar-refractivity contribution in [2.45, 2.75) is 51.4 Å². The molecule has 3 heterocycles. The Morgan fingerprint density at radius 2 is 1.71 bits per heavy atom. The first-order chi connectivity index (χ1) is 14.6. The van der Waals surface area contributed by atoms with Crippen LogP contribution in [0.5, 0.6) is 0 Å². The molecule has 1 aromatic carbocycles. The molecule has 2 aromatic heterocycles. The summed E-state index contributed by atoms with van der Waals surface area (Å²) >= 11 is 12.3. The molecule has 10 heteroatoms. The lowest BCUT2D eigenvalue weighted by atomic mass is 9.97. The normalized spacial score (nSPS) is 19.8. The first-order valence-electron chi connectivity index (χ1n) is 9.83. The zero-order valence-corrected chi connectivity index (χ0v) is 18.3. The lowest BCUT2D eigenvalue weighted by Crippen LogP contribution is -2.47. The van der Waals surface area contributed by atoms with Crippen molar-refractivity contribution in [3.8, 4) is 11.3 Å². The number of hydrogen-bond donors (Lipinski definition) is 0. The van der Waals surface area contributed by atoms with E-state index in [1.807, 2.05) is 13.8 Å². The molecule has 4 rings (SSSR count). The molecule has 31 heavy (non-hydrogen) atoms. The second-order valence-electron chi connectivity index (χ2n) is 7.77. The van der Waals surface area contributed by atoms with E-state index in [1.54, 1.807) is 29.2 Å². The summed E-state index contributed by atoms with van der Waals surface area (Å²) in [5.41, 5.74) is -1.03. The number of carbonyl (C=O) groups excluding carboxylic acids is 1. The second kappa shape index (κ2) is 7.98. The molecule has 2 unspecified atom stereocenters. The van der Waals surface area contributed by atoms with Crippen LogP contribution < -0.4 is 0 Å². The highest BCUT2D eigenvalue weighted by Gasteiger charge is 2.38. The molecule has 0 spiro atoms. The third-order valence-corrected chi connectivity index (χ3v) is 6.19. The minimum atomic E-state index is -4.73. The third kappa shape index (κ3) is 3.99. The van der Waals surface area contributed by atoms with Crippen LogP contribution in [0.2, 0.25) is 10.0 Å². The lowest BCUT2D eigenvalue weighted by molar-refractivity contribution is -0.142. The fraction of sp³-hybridized carbons (Fsp3) is 0.381. The van der Waals surface area contributed by atoms with Crippen molar-refractivity contribution < 1.29 is 18.0 Å². The van der Waals surface area contributed by atoms with Gasteiger partial charge < -0.3 is 4.90 Å². The van der Waals surface area contributed by atoms with E-state index in [4.69, 9.17) is 23.2 Å². The Morgan fingerprint density at radius 3 is 2.29 bits per heavy atom. The van der Waals surface area contributed by atoms with Crippen molar-refractivity contribution in [3.63, 3.8) is 0 Å². The summed E-state index contributed by atoms with van der Waals surface area (Å²) in [7, 11) is 0. The van der Waals surface area contributed by atoms with E-state index < -0.39 is 17.8 Å². The van der Waals surface area contributed by atoms with Gasteiger partial charge in [-0.15, -0.1) is 0 Å². The van der Waals surface area contributed by atoms with Gasteiger partial charge in [-0.3, -0.25) is 4.79 Å². The van der Waals surface area contributed by atoms with E-state index in [9.17, 15) is 18.0 Å². The summed E-state index contributed by atoms with van der Waals surface area (Å²) in [6.45, 7) is 3.82. The Morgan fingerprint density at radius 1 is 1.10 bits per heavy atom. The Balaban J connectivity index is 1.89. The number of halogens is 5. The van der Waals surface area contributed by atoms with Gasteiger partial charge in [0.15, 0.2) is 17.0 Å². The second-order valence-corrected chi connectivity index (χ2v) is 8.59. The highest BCUT2D eigenvalue weighted by Crippen LogP contribution is 2.35. The summed E-state index contributed by atoms with van der Waals surface area (Å²) in [4.78, 5) is 19.1. The Bertz CT molecular complexity index is 1130. The zero-order valence-electron chi connectivity index (χ0n) is 16.7. The van der Waals surface area contributed by atoms with Gasteiger partial charge in [0.25, 0.3) is 5.91 Å². The fourth-order valence-corrected chi connectivity index (χ4v) is 4.41. The molecule has 1 fully saturated rings. The van der Waals surface area contributed by atoms with Crippen LogP contribution in [0.1, 0.15) is 49.3 Å². The topological polar surface area (TPSA) is 50.5 Å². The van der Waals surface area contributed by atoms with Crippen molar-refractivity contribution in [1.82, 2.24) is 19.5 Å². The maximum Gasteiger partial charge on any atom is 0.433 e. The van der Waals surface area contributed by atoms with E-state index in [1.165, 1.54) is 0 Å². The van der Waals surface area contributed by atoms with Crippen molar-refractivity contribution in [3.05, 3.63) is 51.8 Å². The van der Waals surface area contributed by atoms with Gasteiger partial charge >= 0.3 is 6.18 Å². The van der Waals surface area contributed by atoms with E-state index in [0.29, 0.717) is 15.1 Å². The molecular weight excluding hydrogens is 452 g/mol. The van der Waals surface area contributed by atoms with Crippen molar-refractivity contribution in [2.24, 2.45) is 0 Å². The molecule has 5 nitrogen and oxygen atoms in total. The molecule has 1 saturated heterocycles. The summed E-state index contributed by atoms with van der Waals surface area (Å²) in [5.74, 6) is -0.489. The summed E-state index contributed by atoms with van der Waals surface area (Å²) in [5, 5.41) is 4.21. The van der Waals surface area contributed by atoms with Crippen LogP contribution >= 0.6 is 23.2 Å². The molecule has 2 atom stereocenters. The number of amides is 1. The van der Waals surface area contributed by atoms with Gasteiger partial charge in [0.1, 0.15) is 5.02 Å². The highest BCUT2D eigenvalue weighted by molar-refractivity contribution is 6.36. The molecule has 0 aliphatic carbocycles. The number of hydrogen-bond acceptors (Lipinski definition) is 3. The molecule has 0 N–H and O–H groups in total. The maximum absolute atomic E-state index is 13.9. The number of rotatable bonds is 2. The van der Waals surface area contributed by atoms with E-state index >= 15 is 0 Å². The first-order valence-corrected chi connectivity index (χ1v) is 10.6. The van der Waals surface area contributed by atoms with E-state index in [-0.39, 0.29) is 34.1 Å². The lowest BCUT2D eigenvalue weighted by Gasteiger charge is -2.38. The van der Waals surface area contributed by atoms with Crippen LogP contribution in [-0.4, -0.2) is 37.5 Å². The molecule has 3 aromatic rings. The predicted molar refractivity (Wildman–Crippen MR) is 112 cm³/mol. The van der Waals surface area contributed by atoms with Crippen molar-refractivity contribution >= 4 is 34.8 Å². The molecule has 164 valence electrons. The maximum atomic E-state index is 13.9. The highest BCUT2D eigenvalue weighted by atomic mass is 35.5. The number of alkyl halides is 3. The van der Waals surface area contributed by atoms with Gasteiger partial charge in [-0.2, -0.15) is 18.3 Å². The van der Waals surface area contributed by atoms with Gasteiger partial charge in [-0.25, -0.2) is 9.50 Å². The van der Waals surface area contributed by atoms with Gasteiger partial charge in [0.2, 0.25) is 0 Å². The van der Waals surface area contributed by atoms with E-state index in [2.05, 4.69) is 10.1 Å². The van der Waals surface area contributed by atoms with Crippen molar-refractivity contribution in [1.29, 1.82) is 0 Å². The fourth-order valence-electron chi connectivity index (χ4n) is 4.04. The quantitative estimate of drug-likeness (QED) is 0.452. The number of aromatic nitrogens is 3. The average molecular weight is 471 g/mol. The molecule has 1 aliphatic heterocycles. The monoisotopic (exact) mass is 470 g/mol. The number of piperidine rings is 1. The first kappa shape index (κ1) is 21.9. The summed E-state index contributed by atoms with van der Waals surface area (Å²) in [6, 6.07) is 7.02. The van der Waals surface area contributed by atoms with E-state index in [0.717, 1.165) is 25.3 Å². The van der Waals surface area contributed by atoms with Crippen LogP contribution in [-0.2, 0) is 6.18 Å². The van der Waals surface area contributed by atoms with Crippen LogP contribution in [0.25, 0.3) is 16.9 Å². The molecule has 1 amide bonds. The Kier molecular flexibility index (Phi) is 5.64. The minimum absolute atomic E-state index is 0.0528. The Labute approximate surface area is 186 Å². The van der Waals surface area contributed by atoms with Crippen LogP contribution in [0.15, 0.2) is 30.3 Å². The number of benzene rings is 1. The number of nitrogens with zero attached hydrogens (tertiary/aromatic N) is 4. The standard InChI is InChI=1S/C21H19Cl2F3N4O/c1-11-4-3-5-12(2)29(11)20(31)18-17(23)19-27-15(13-6-8-14(22)9-7-13)10-16(21(24,25)26)30(19)28-18/h6-12H,3-5H2,1-2H3. The summed E-state index contributed by atoms with van der Waals surface area (Å²) in [6.07, 6.45) is -2.12. The number of fused-ring (bicyclic) bond motifs is 1. The third-order valence-electron chi connectivity index (χ3n) is 5.59. The SMILES string of the molecule is CC1CCCC(C)N1C(=O)c1nn2c(C(F)(F)F)cc(-c3ccc(Cl)cc3)nc2c1Cl. The molecule has 0 saturated carbocycles. The molecule has 0 radical (unpaired) electrons. The Hall–Kier alpha value is -2.32. The number of likely N-dealkylation sites (tertiary alicyclic amines) is 1. The molecule has 0 bridgehead atoms. The average Bonchev–Trinajstić information content (AvgIpc) is 3.03. The summed E-state index contributed by atoms with van der Waals surface area (Å²) < 4.78 is 42.2. The molecular formula is C21H19Cl2F3N4O. The largest absolute Gasteiger partial charge is 0.433 e. The van der Waals surface area contributed by atoms with Crippen LogP contribution in [0, 0.1) is 0 Å². The molecule has 1 aliphatic rings. The number of carbonyl (C=O) groups is 1. The van der Waals surface area contributed by atoms with Gasteiger partial charge in [-0.05, 0) is 51.3 Å². The zero-order chi connectivity index (χ0) is 22.5. The smallest absolute Gasteiger partial charge is 0.332 e. The van der Waals surface area contributed by atoms with Crippen LogP contribution in [0.3, 0.4) is 0 Å². The van der Waals surface area contributed by atoms with Crippen LogP contribution in [0.4, 0.5) is 13.2 Å².